The number of nitrogens with two attached hydrogens (primary N) is 1. The van der Waals surface area contributed by atoms with Gasteiger partial charge in [0.2, 0.25) is 0 Å². The molecule has 1 heterocycles. The van der Waals surface area contributed by atoms with Gasteiger partial charge in [0.05, 0.1) is 0 Å². The van der Waals surface area contributed by atoms with Crippen molar-refractivity contribution in [2.75, 3.05) is 0 Å². The van der Waals surface area contributed by atoms with Crippen LogP contribution in [0.3, 0.4) is 0 Å². The lowest BCUT2D eigenvalue weighted by atomic mass is 10.1. The second kappa shape index (κ2) is 4.15. The highest BCUT2D eigenvalue weighted by atomic mass is 19.1. The van der Waals surface area contributed by atoms with Gasteiger partial charge in [-0.05, 0) is 37.3 Å². The van der Waals surface area contributed by atoms with Gasteiger partial charge < -0.3 is 10.2 Å². The number of rotatable bonds is 4. The van der Waals surface area contributed by atoms with Crippen molar-refractivity contribution in [1.82, 2.24) is 0 Å². The minimum absolute atomic E-state index is 0.271. The predicted molar refractivity (Wildman–Crippen MR) is 65.2 cm³/mol. The van der Waals surface area contributed by atoms with Crippen molar-refractivity contribution in [1.29, 1.82) is 0 Å². The lowest BCUT2D eigenvalue weighted by Crippen LogP contribution is -2.22. The highest BCUT2D eigenvalue weighted by molar-refractivity contribution is 5.78. The molecule has 17 heavy (non-hydrogen) atoms. The molecule has 1 aliphatic rings. The van der Waals surface area contributed by atoms with Crippen LogP contribution in [0, 0.1) is 11.7 Å². The third-order valence-corrected chi connectivity index (χ3v) is 3.50. The van der Waals surface area contributed by atoms with Crippen LogP contribution < -0.4 is 5.73 Å². The summed E-state index contributed by atoms with van der Waals surface area (Å²) < 4.78 is 18.9. The molecular weight excluding hydrogens is 217 g/mol. The zero-order valence-electron chi connectivity index (χ0n) is 9.66. The second-order valence-electron chi connectivity index (χ2n) is 4.91. The molecule has 2 N–H and O–H groups in total. The fourth-order valence-corrected chi connectivity index (χ4v) is 2.27. The summed E-state index contributed by atoms with van der Waals surface area (Å²) in [6.45, 7) is 0. The minimum Gasteiger partial charge on any atom is -0.458 e. The Hall–Kier alpha value is -1.35. The van der Waals surface area contributed by atoms with Gasteiger partial charge in [0.25, 0.3) is 0 Å². The van der Waals surface area contributed by atoms with Crippen LogP contribution >= 0.6 is 0 Å². The van der Waals surface area contributed by atoms with Gasteiger partial charge in [-0.2, -0.15) is 0 Å². The molecule has 1 fully saturated rings. The Morgan fingerprint density at radius 2 is 2.24 bits per heavy atom. The molecule has 1 aromatic heterocycles. The number of furan rings is 1. The molecule has 1 saturated carbocycles. The summed E-state index contributed by atoms with van der Waals surface area (Å²) in [4.78, 5) is 0. The van der Waals surface area contributed by atoms with E-state index in [1.165, 1.54) is 18.9 Å². The Morgan fingerprint density at radius 3 is 2.94 bits per heavy atom. The number of hydrogen-bond acceptors (Lipinski definition) is 2. The summed E-state index contributed by atoms with van der Waals surface area (Å²) in [5.41, 5.74) is 6.40. The molecule has 0 bridgehead atoms. The van der Waals surface area contributed by atoms with E-state index in [1.807, 2.05) is 12.1 Å². The van der Waals surface area contributed by atoms with E-state index >= 15 is 0 Å². The first-order valence-corrected chi connectivity index (χ1v) is 6.16. The SMILES string of the molecule is NC(CCc1cc2cccc(F)c2o1)C1CC1. The average molecular weight is 233 g/mol. The molecule has 3 heteroatoms. The largest absolute Gasteiger partial charge is 0.458 e. The first-order chi connectivity index (χ1) is 8.24. The van der Waals surface area contributed by atoms with Crippen molar-refractivity contribution in [3.63, 3.8) is 0 Å². The number of aryl methyl sites for hydroxylation is 1. The summed E-state index contributed by atoms with van der Waals surface area (Å²) in [5, 5.41) is 0.833. The molecular formula is C14H16FNO. The summed E-state index contributed by atoms with van der Waals surface area (Å²) in [6.07, 6.45) is 4.24. The summed E-state index contributed by atoms with van der Waals surface area (Å²) in [5.74, 6) is 1.25. The third-order valence-electron chi connectivity index (χ3n) is 3.50. The maximum Gasteiger partial charge on any atom is 0.169 e. The lowest BCUT2D eigenvalue weighted by Gasteiger charge is -2.07. The minimum atomic E-state index is -0.291. The fraction of sp³-hybridized carbons (Fsp3) is 0.429. The van der Waals surface area contributed by atoms with Crippen LogP contribution in [0.15, 0.2) is 28.7 Å². The van der Waals surface area contributed by atoms with Gasteiger partial charge in [0.15, 0.2) is 11.4 Å². The van der Waals surface area contributed by atoms with Crippen molar-refractivity contribution < 1.29 is 8.81 Å². The highest BCUT2D eigenvalue weighted by Crippen LogP contribution is 2.33. The molecule has 1 unspecified atom stereocenters. The molecule has 1 aliphatic carbocycles. The molecule has 2 aromatic rings. The van der Waals surface area contributed by atoms with Crippen molar-refractivity contribution in [2.24, 2.45) is 11.7 Å². The molecule has 90 valence electrons. The summed E-state index contributed by atoms with van der Waals surface area (Å²) in [6, 6.07) is 7.18. The van der Waals surface area contributed by atoms with Crippen LogP contribution in [0.25, 0.3) is 11.0 Å². The van der Waals surface area contributed by atoms with Gasteiger partial charge in [0.1, 0.15) is 5.76 Å². The Kier molecular flexibility index (Phi) is 2.63. The van der Waals surface area contributed by atoms with Gasteiger partial charge in [-0.15, -0.1) is 0 Å². The van der Waals surface area contributed by atoms with Crippen LogP contribution in [0.1, 0.15) is 25.0 Å². The monoisotopic (exact) mass is 233 g/mol. The smallest absolute Gasteiger partial charge is 0.169 e. The molecule has 0 amide bonds. The zero-order valence-corrected chi connectivity index (χ0v) is 9.66. The van der Waals surface area contributed by atoms with E-state index in [0.29, 0.717) is 11.5 Å². The number of halogens is 1. The fourth-order valence-electron chi connectivity index (χ4n) is 2.27. The Labute approximate surface area is 99.6 Å². The van der Waals surface area contributed by atoms with Crippen LogP contribution in [-0.2, 0) is 6.42 Å². The van der Waals surface area contributed by atoms with Gasteiger partial charge in [0, 0.05) is 17.8 Å². The van der Waals surface area contributed by atoms with E-state index in [1.54, 1.807) is 6.07 Å². The Morgan fingerprint density at radius 1 is 1.41 bits per heavy atom. The van der Waals surface area contributed by atoms with Crippen molar-refractivity contribution in [3.8, 4) is 0 Å². The van der Waals surface area contributed by atoms with Crippen LogP contribution in [0.4, 0.5) is 4.39 Å². The van der Waals surface area contributed by atoms with Crippen molar-refractivity contribution in [2.45, 2.75) is 31.7 Å². The van der Waals surface area contributed by atoms with E-state index < -0.39 is 0 Å². The van der Waals surface area contributed by atoms with E-state index in [-0.39, 0.29) is 11.9 Å². The standard InChI is InChI=1S/C14H16FNO/c15-12-3-1-2-10-8-11(17-14(10)12)6-7-13(16)9-4-5-9/h1-3,8-9,13H,4-7,16H2. The van der Waals surface area contributed by atoms with E-state index in [2.05, 4.69) is 0 Å². The van der Waals surface area contributed by atoms with Crippen molar-refractivity contribution in [3.05, 3.63) is 35.8 Å². The van der Waals surface area contributed by atoms with Crippen LogP contribution in [-0.4, -0.2) is 6.04 Å². The molecule has 0 radical (unpaired) electrons. The Bertz CT molecular complexity index is 530. The third kappa shape index (κ3) is 2.20. The molecule has 0 saturated heterocycles. The number of hydrogen-bond donors (Lipinski definition) is 1. The quantitative estimate of drug-likeness (QED) is 0.880. The topological polar surface area (TPSA) is 39.2 Å². The predicted octanol–water partition coefficient (Wildman–Crippen LogP) is 3.24. The first kappa shape index (κ1) is 10.8. The number of para-hydroxylation sites is 1. The summed E-state index contributed by atoms with van der Waals surface area (Å²) >= 11 is 0. The molecule has 3 rings (SSSR count). The maximum atomic E-state index is 13.4. The number of benzene rings is 1. The van der Waals surface area contributed by atoms with Crippen LogP contribution in [0.5, 0.6) is 0 Å². The van der Waals surface area contributed by atoms with E-state index in [9.17, 15) is 4.39 Å². The molecule has 0 spiro atoms. The zero-order chi connectivity index (χ0) is 11.8. The molecule has 1 atom stereocenters. The van der Waals surface area contributed by atoms with Crippen LogP contribution in [0.2, 0.25) is 0 Å². The summed E-state index contributed by atoms with van der Waals surface area (Å²) in [7, 11) is 0. The first-order valence-electron chi connectivity index (χ1n) is 6.16. The highest BCUT2D eigenvalue weighted by Gasteiger charge is 2.28. The van der Waals surface area contributed by atoms with Gasteiger partial charge in [-0.3, -0.25) is 0 Å². The normalized spacial score (nSPS) is 17.5. The van der Waals surface area contributed by atoms with Gasteiger partial charge >= 0.3 is 0 Å². The van der Waals surface area contributed by atoms with Gasteiger partial charge in [-0.1, -0.05) is 12.1 Å². The average Bonchev–Trinajstić information content (AvgIpc) is 3.07. The molecule has 2 nitrogen and oxygen atoms in total. The molecule has 1 aromatic carbocycles. The van der Waals surface area contributed by atoms with Gasteiger partial charge in [-0.25, -0.2) is 4.39 Å². The second-order valence-corrected chi connectivity index (χ2v) is 4.91. The number of fused-ring (bicyclic) bond motifs is 1. The Balaban J connectivity index is 1.74. The van der Waals surface area contributed by atoms with Crippen molar-refractivity contribution >= 4 is 11.0 Å². The lowest BCUT2D eigenvalue weighted by molar-refractivity contribution is 0.480. The van der Waals surface area contributed by atoms with E-state index in [0.717, 1.165) is 24.0 Å². The van der Waals surface area contributed by atoms with E-state index in [4.69, 9.17) is 10.2 Å². The molecule has 0 aliphatic heterocycles. The maximum absolute atomic E-state index is 13.4.